The fourth-order valence-electron chi connectivity index (χ4n) is 1.45. The van der Waals surface area contributed by atoms with Crippen LogP contribution >= 0.6 is 0 Å². The number of carbonyl (C=O) groups is 2. The molecule has 0 aromatic rings. The van der Waals surface area contributed by atoms with Crippen LogP contribution in [0.4, 0.5) is 0 Å². The average Bonchev–Trinajstić information content (AvgIpc) is 2.20. The maximum Gasteiger partial charge on any atom is 0.307 e. The molecule has 0 bridgehead atoms. The Balaban J connectivity index is 2.52. The normalized spacial score (nSPS) is 27.8. The molecule has 0 fully saturated rings. The van der Waals surface area contributed by atoms with Crippen LogP contribution in [0.25, 0.3) is 0 Å². The molecular weight excluding hydrogens is 208 g/mol. The van der Waals surface area contributed by atoms with E-state index in [1.165, 1.54) is 0 Å². The molecule has 0 amide bonds. The molecule has 2 unspecified atom stereocenters. The maximum atomic E-state index is 11.4. The number of carboxylic acids is 1. The van der Waals surface area contributed by atoms with E-state index in [1.807, 2.05) is 38.2 Å². The van der Waals surface area contributed by atoms with Gasteiger partial charge in [0, 0.05) is 5.92 Å². The first kappa shape index (κ1) is 12.5. The van der Waals surface area contributed by atoms with Gasteiger partial charge in [0.1, 0.15) is 5.60 Å². The zero-order chi connectivity index (χ0) is 12.2. The molecule has 88 valence electrons. The molecule has 1 rings (SSSR count). The predicted octanol–water partition coefficient (Wildman–Crippen LogP) is 1.92. The van der Waals surface area contributed by atoms with E-state index in [0.29, 0.717) is 0 Å². The molecule has 0 heterocycles. The molecule has 0 aromatic carbocycles. The van der Waals surface area contributed by atoms with Gasteiger partial charge in [-0.05, 0) is 13.0 Å². The zero-order valence-corrected chi connectivity index (χ0v) is 9.47. The Kier molecular flexibility index (Phi) is 3.88. The third kappa shape index (κ3) is 3.22. The molecule has 0 aliphatic heterocycles. The van der Waals surface area contributed by atoms with Gasteiger partial charge in [-0.25, -0.2) is 0 Å². The fourth-order valence-corrected chi connectivity index (χ4v) is 1.45. The van der Waals surface area contributed by atoms with Crippen molar-refractivity contribution < 1.29 is 19.4 Å². The summed E-state index contributed by atoms with van der Waals surface area (Å²) >= 11 is 0. The van der Waals surface area contributed by atoms with Crippen LogP contribution in [0.2, 0.25) is 0 Å². The number of carboxylic acid groups (broad SMARTS) is 1. The summed E-state index contributed by atoms with van der Waals surface area (Å²) in [7, 11) is 0. The first-order chi connectivity index (χ1) is 7.44. The van der Waals surface area contributed by atoms with Crippen LogP contribution in [0, 0.1) is 5.92 Å². The number of hydrogen-bond acceptors (Lipinski definition) is 3. The van der Waals surface area contributed by atoms with Crippen LogP contribution in [-0.2, 0) is 14.3 Å². The Morgan fingerprint density at radius 2 is 2.06 bits per heavy atom. The number of carbonyl (C=O) groups excluding carboxylic acids is 1. The molecular formula is C12H16O4. The van der Waals surface area contributed by atoms with E-state index < -0.39 is 17.5 Å². The Morgan fingerprint density at radius 1 is 1.38 bits per heavy atom. The lowest BCUT2D eigenvalue weighted by molar-refractivity contribution is -0.158. The van der Waals surface area contributed by atoms with Crippen LogP contribution < -0.4 is 0 Å². The van der Waals surface area contributed by atoms with Crippen molar-refractivity contribution in [2.24, 2.45) is 5.92 Å². The lowest BCUT2D eigenvalue weighted by Gasteiger charge is -2.32. The predicted molar refractivity (Wildman–Crippen MR) is 58.8 cm³/mol. The molecule has 2 atom stereocenters. The van der Waals surface area contributed by atoms with E-state index in [0.717, 1.165) is 0 Å². The van der Waals surface area contributed by atoms with Gasteiger partial charge in [-0.3, -0.25) is 9.59 Å². The molecule has 4 heteroatoms. The van der Waals surface area contributed by atoms with Gasteiger partial charge in [-0.15, -0.1) is 0 Å². The third-order valence-corrected chi connectivity index (χ3v) is 2.72. The third-order valence-electron chi connectivity index (χ3n) is 2.72. The SMILES string of the molecule is CC1C=CC=CC1(C)OC(=O)CCC(=O)O. The van der Waals surface area contributed by atoms with Gasteiger partial charge in [0.25, 0.3) is 0 Å². The molecule has 4 nitrogen and oxygen atoms in total. The topological polar surface area (TPSA) is 63.6 Å². The number of aliphatic carboxylic acids is 1. The van der Waals surface area contributed by atoms with Gasteiger partial charge in [-0.2, -0.15) is 0 Å². The van der Waals surface area contributed by atoms with E-state index in [4.69, 9.17) is 9.84 Å². The first-order valence-corrected chi connectivity index (χ1v) is 5.24. The second-order valence-corrected chi connectivity index (χ2v) is 4.08. The van der Waals surface area contributed by atoms with Crippen LogP contribution in [0.1, 0.15) is 26.7 Å². The van der Waals surface area contributed by atoms with Gasteiger partial charge in [-0.1, -0.05) is 25.2 Å². The van der Waals surface area contributed by atoms with Crippen molar-refractivity contribution >= 4 is 11.9 Å². The summed E-state index contributed by atoms with van der Waals surface area (Å²) < 4.78 is 5.30. The molecule has 16 heavy (non-hydrogen) atoms. The van der Waals surface area contributed by atoms with Gasteiger partial charge in [0.05, 0.1) is 12.8 Å². The lowest BCUT2D eigenvalue weighted by Crippen LogP contribution is -2.36. The summed E-state index contributed by atoms with van der Waals surface area (Å²) in [5.74, 6) is -1.38. The van der Waals surface area contributed by atoms with Gasteiger partial charge in [0.2, 0.25) is 0 Å². The summed E-state index contributed by atoms with van der Waals surface area (Å²) in [5, 5.41) is 8.45. The highest BCUT2D eigenvalue weighted by atomic mass is 16.6. The van der Waals surface area contributed by atoms with Crippen LogP contribution in [-0.4, -0.2) is 22.6 Å². The van der Waals surface area contributed by atoms with Crippen molar-refractivity contribution in [2.45, 2.75) is 32.3 Å². The van der Waals surface area contributed by atoms with Crippen molar-refractivity contribution in [3.8, 4) is 0 Å². The van der Waals surface area contributed by atoms with E-state index in [9.17, 15) is 9.59 Å². The fraction of sp³-hybridized carbons (Fsp3) is 0.500. The molecule has 0 spiro atoms. The highest BCUT2D eigenvalue weighted by molar-refractivity contribution is 5.77. The standard InChI is InChI=1S/C12H16O4/c1-9-5-3-4-8-12(9,2)16-11(15)7-6-10(13)14/h3-5,8-9H,6-7H2,1-2H3,(H,13,14). The highest BCUT2D eigenvalue weighted by Crippen LogP contribution is 2.28. The number of rotatable bonds is 4. The Hall–Kier alpha value is -1.58. The van der Waals surface area contributed by atoms with Crippen molar-refractivity contribution in [3.05, 3.63) is 24.3 Å². The molecule has 1 N–H and O–H groups in total. The summed E-state index contributed by atoms with van der Waals surface area (Å²) in [4.78, 5) is 21.7. The minimum Gasteiger partial charge on any atom is -0.481 e. The van der Waals surface area contributed by atoms with Crippen molar-refractivity contribution in [1.82, 2.24) is 0 Å². The van der Waals surface area contributed by atoms with Gasteiger partial charge >= 0.3 is 11.9 Å². The second kappa shape index (κ2) is 4.96. The molecule has 0 aromatic heterocycles. The Labute approximate surface area is 94.6 Å². The van der Waals surface area contributed by atoms with E-state index in [-0.39, 0.29) is 18.8 Å². The van der Waals surface area contributed by atoms with Crippen molar-refractivity contribution in [2.75, 3.05) is 0 Å². The second-order valence-electron chi connectivity index (χ2n) is 4.08. The molecule has 0 saturated carbocycles. The minimum absolute atomic E-state index is 0.0881. The first-order valence-electron chi connectivity index (χ1n) is 5.24. The lowest BCUT2D eigenvalue weighted by atomic mass is 9.87. The Bertz CT molecular complexity index is 343. The minimum atomic E-state index is -0.991. The number of ether oxygens (including phenoxy) is 1. The summed E-state index contributed by atoms with van der Waals surface area (Å²) in [6, 6.07) is 0. The number of hydrogen-bond donors (Lipinski definition) is 1. The van der Waals surface area contributed by atoms with Crippen LogP contribution in [0.3, 0.4) is 0 Å². The largest absolute Gasteiger partial charge is 0.481 e. The van der Waals surface area contributed by atoms with E-state index in [1.54, 1.807) is 0 Å². The van der Waals surface area contributed by atoms with Crippen molar-refractivity contribution in [1.29, 1.82) is 0 Å². The average molecular weight is 224 g/mol. The van der Waals surface area contributed by atoms with E-state index >= 15 is 0 Å². The monoisotopic (exact) mass is 224 g/mol. The number of allylic oxidation sites excluding steroid dienone is 2. The summed E-state index contributed by atoms with van der Waals surface area (Å²) in [6.45, 7) is 3.76. The Morgan fingerprint density at radius 3 is 2.62 bits per heavy atom. The zero-order valence-electron chi connectivity index (χ0n) is 9.47. The quantitative estimate of drug-likeness (QED) is 0.741. The van der Waals surface area contributed by atoms with Crippen LogP contribution in [0.5, 0.6) is 0 Å². The molecule has 1 aliphatic rings. The summed E-state index contributed by atoms with van der Waals surface area (Å²) in [5.41, 5.74) is -0.662. The smallest absolute Gasteiger partial charge is 0.307 e. The molecule has 1 aliphatic carbocycles. The van der Waals surface area contributed by atoms with E-state index in [2.05, 4.69) is 0 Å². The highest BCUT2D eigenvalue weighted by Gasteiger charge is 2.32. The van der Waals surface area contributed by atoms with Crippen molar-refractivity contribution in [3.63, 3.8) is 0 Å². The molecule has 0 radical (unpaired) electrons. The summed E-state index contributed by atoms with van der Waals surface area (Å²) in [6.07, 6.45) is 7.21. The van der Waals surface area contributed by atoms with Gasteiger partial charge < -0.3 is 9.84 Å². The molecule has 0 saturated heterocycles. The van der Waals surface area contributed by atoms with Crippen LogP contribution in [0.15, 0.2) is 24.3 Å². The maximum absolute atomic E-state index is 11.4. The number of esters is 1. The van der Waals surface area contributed by atoms with Gasteiger partial charge in [0.15, 0.2) is 0 Å².